The van der Waals surface area contributed by atoms with E-state index in [0.29, 0.717) is 0 Å². The number of hydrogen-bond donors (Lipinski definition) is 3. The van der Waals surface area contributed by atoms with Crippen LogP contribution in [0.2, 0.25) is 0 Å². The topological polar surface area (TPSA) is 76.2 Å². The molecule has 0 aliphatic heterocycles. The van der Waals surface area contributed by atoms with Crippen LogP contribution in [0.1, 0.15) is 0 Å². The molecule has 0 radical (unpaired) electrons. The van der Waals surface area contributed by atoms with Crippen molar-refractivity contribution in [2.75, 3.05) is 6.26 Å². The Morgan fingerprint density at radius 3 is 2.73 bits per heavy atom. The summed E-state index contributed by atoms with van der Waals surface area (Å²) in [7, 11) is 0. The number of thioether (sulfide) groups is 1. The van der Waals surface area contributed by atoms with Gasteiger partial charge in [-0.05, 0) is 11.7 Å². The molecule has 0 atom stereocenters. The number of carbonyl (C=O) groups is 1. The number of rotatable bonds is 2. The lowest BCUT2D eigenvalue weighted by atomic mass is 10.5. The molecular formula is C5H8N2O2S2. The number of nitrogens with two attached hydrogens (primary N) is 1. The maximum Gasteiger partial charge on any atom is 0.370 e. The highest BCUT2D eigenvalue weighted by molar-refractivity contribution is 8.01. The van der Waals surface area contributed by atoms with E-state index < -0.39 is 5.30 Å². The summed E-state index contributed by atoms with van der Waals surface area (Å²) in [5.74, 6) is -0.376. The van der Waals surface area contributed by atoms with Crippen LogP contribution in [0.5, 0.6) is 0 Å². The molecule has 0 amide bonds. The Balaban J connectivity index is 4.03. The number of ether oxygens (including phenoxy) is 1. The van der Waals surface area contributed by atoms with Crippen molar-refractivity contribution in [2.45, 2.75) is 0 Å². The summed E-state index contributed by atoms with van der Waals surface area (Å²) in [6, 6.07) is 0. The molecule has 0 fully saturated rings. The first kappa shape index (κ1) is 10.4. The lowest BCUT2D eigenvalue weighted by Crippen LogP contribution is -2.14. The van der Waals surface area contributed by atoms with Crippen LogP contribution >= 0.6 is 24.4 Å². The van der Waals surface area contributed by atoms with Gasteiger partial charge in [-0.2, -0.15) is 0 Å². The Labute approximate surface area is 74.1 Å². The number of nitrogens with one attached hydrogen (secondary N) is 1. The fourth-order valence-electron chi connectivity index (χ4n) is 0.327. The Kier molecular flexibility index (Phi) is 4.80. The molecular weight excluding hydrogens is 184 g/mol. The average molecular weight is 192 g/mol. The molecule has 62 valence electrons. The summed E-state index contributed by atoms with van der Waals surface area (Å²) in [6.07, 6.45) is 1.78. The third-order valence-electron chi connectivity index (χ3n) is 0.696. The van der Waals surface area contributed by atoms with Crippen molar-refractivity contribution in [2.24, 2.45) is 5.73 Å². The Bertz CT molecular complexity index is 203. The van der Waals surface area contributed by atoms with Crippen molar-refractivity contribution in [3.8, 4) is 0 Å². The second kappa shape index (κ2) is 5.09. The van der Waals surface area contributed by atoms with E-state index in [4.69, 9.17) is 11.1 Å². The second-order valence-electron chi connectivity index (χ2n) is 1.51. The van der Waals surface area contributed by atoms with E-state index in [2.05, 4.69) is 17.4 Å². The monoisotopic (exact) mass is 192 g/mol. The Hall–Kier alpha value is -0.620. The van der Waals surface area contributed by atoms with Crippen molar-refractivity contribution in [1.82, 2.24) is 0 Å². The van der Waals surface area contributed by atoms with Crippen LogP contribution in [0.25, 0.3) is 0 Å². The third-order valence-corrected chi connectivity index (χ3v) is 1.28. The zero-order chi connectivity index (χ0) is 8.85. The van der Waals surface area contributed by atoms with E-state index >= 15 is 0 Å². The molecule has 0 aliphatic carbocycles. The fourth-order valence-corrected chi connectivity index (χ4v) is 0.779. The first-order valence-corrected chi connectivity index (χ1v) is 4.29. The molecule has 0 bridgehead atoms. The van der Waals surface area contributed by atoms with E-state index in [1.807, 2.05) is 0 Å². The van der Waals surface area contributed by atoms with Gasteiger partial charge in [0, 0.05) is 0 Å². The molecule has 0 saturated heterocycles. The SMILES string of the molecule is CS/C=C(\N)C(=N)OC(=O)S. The highest BCUT2D eigenvalue weighted by Crippen LogP contribution is 2.01. The number of hydrogen-bond acceptors (Lipinski definition) is 5. The third kappa shape index (κ3) is 4.74. The van der Waals surface area contributed by atoms with Gasteiger partial charge in [0.2, 0.25) is 5.90 Å². The van der Waals surface area contributed by atoms with Crippen LogP contribution in [-0.4, -0.2) is 17.5 Å². The molecule has 0 heterocycles. The minimum Gasteiger partial charge on any atom is -0.398 e. The first-order valence-electron chi connectivity index (χ1n) is 2.56. The van der Waals surface area contributed by atoms with Crippen LogP contribution in [0.15, 0.2) is 11.1 Å². The van der Waals surface area contributed by atoms with Gasteiger partial charge < -0.3 is 10.5 Å². The average Bonchev–Trinajstić information content (AvgIpc) is 1.86. The highest BCUT2D eigenvalue weighted by atomic mass is 32.2. The van der Waals surface area contributed by atoms with Crippen molar-refractivity contribution in [3.63, 3.8) is 0 Å². The van der Waals surface area contributed by atoms with Crippen LogP contribution in [0, 0.1) is 5.41 Å². The van der Waals surface area contributed by atoms with Gasteiger partial charge in [-0.1, -0.05) is 12.6 Å². The van der Waals surface area contributed by atoms with Crippen LogP contribution in [0.3, 0.4) is 0 Å². The van der Waals surface area contributed by atoms with E-state index in [-0.39, 0.29) is 11.6 Å². The molecule has 4 nitrogen and oxygen atoms in total. The molecule has 0 aromatic carbocycles. The molecule has 3 N–H and O–H groups in total. The second-order valence-corrected chi connectivity index (χ2v) is 2.58. The van der Waals surface area contributed by atoms with Crippen LogP contribution in [-0.2, 0) is 4.74 Å². The van der Waals surface area contributed by atoms with Crippen molar-refractivity contribution >= 4 is 35.6 Å². The van der Waals surface area contributed by atoms with Gasteiger partial charge in [0.1, 0.15) is 5.70 Å². The molecule has 0 aliphatic rings. The van der Waals surface area contributed by atoms with Gasteiger partial charge in [0.15, 0.2) is 0 Å². The Morgan fingerprint density at radius 1 is 1.82 bits per heavy atom. The highest BCUT2D eigenvalue weighted by Gasteiger charge is 2.04. The van der Waals surface area contributed by atoms with Crippen LogP contribution in [0.4, 0.5) is 4.79 Å². The van der Waals surface area contributed by atoms with E-state index in [0.717, 1.165) is 0 Å². The molecule has 6 heteroatoms. The molecule has 0 spiro atoms. The van der Waals surface area contributed by atoms with Crippen molar-refractivity contribution in [1.29, 1.82) is 5.41 Å². The lowest BCUT2D eigenvalue weighted by Gasteiger charge is -2.00. The smallest absolute Gasteiger partial charge is 0.370 e. The first-order chi connectivity index (χ1) is 5.07. The maximum absolute atomic E-state index is 10.2. The van der Waals surface area contributed by atoms with Crippen molar-refractivity contribution < 1.29 is 9.53 Å². The van der Waals surface area contributed by atoms with Gasteiger partial charge in [0.25, 0.3) is 0 Å². The van der Waals surface area contributed by atoms with E-state index in [9.17, 15) is 4.79 Å². The summed E-state index contributed by atoms with van der Waals surface area (Å²) < 4.78 is 4.27. The Morgan fingerprint density at radius 2 is 2.36 bits per heavy atom. The summed E-state index contributed by atoms with van der Waals surface area (Å²) in [4.78, 5) is 10.2. The predicted octanol–water partition coefficient (Wildman–Crippen LogP) is 1.19. The lowest BCUT2D eigenvalue weighted by molar-refractivity contribution is 0.224. The van der Waals surface area contributed by atoms with Crippen LogP contribution < -0.4 is 5.73 Å². The predicted molar refractivity (Wildman–Crippen MR) is 49.0 cm³/mol. The normalized spacial score (nSPS) is 10.9. The molecule has 0 rings (SSSR count). The van der Waals surface area contributed by atoms with Gasteiger partial charge in [-0.15, -0.1) is 11.8 Å². The fraction of sp³-hybridized carbons (Fsp3) is 0.200. The maximum atomic E-state index is 10.2. The summed E-state index contributed by atoms with van der Waals surface area (Å²) in [5, 5.41) is 7.69. The minimum atomic E-state index is -0.840. The molecule has 0 saturated carbocycles. The summed E-state index contributed by atoms with van der Waals surface area (Å²) in [5.41, 5.74) is 5.39. The zero-order valence-corrected chi connectivity index (χ0v) is 7.54. The van der Waals surface area contributed by atoms with Crippen molar-refractivity contribution in [3.05, 3.63) is 11.1 Å². The quantitative estimate of drug-likeness (QED) is 0.266. The largest absolute Gasteiger partial charge is 0.398 e. The standard InChI is InChI=1S/C5H8N2O2S2/c1-11-2-3(6)4(7)9-5(8)10/h2,7H,6H2,1H3,(H,8,10)/b3-2-,7-4?. The number of thiol groups is 1. The van der Waals surface area contributed by atoms with Gasteiger partial charge in [0.05, 0.1) is 0 Å². The van der Waals surface area contributed by atoms with E-state index in [1.165, 1.54) is 17.2 Å². The number of carbonyl (C=O) groups excluding carboxylic acids is 1. The minimum absolute atomic E-state index is 0.111. The van der Waals surface area contributed by atoms with E-state index in [1.54, 1.807) is 6.26 Å². The molecule has 0 unspecified atom stereocenters. The summed E-state index contributed by atoms with van der Waals surface area (Å²) in [6.45, 7) is 0. The molecule has 0 aromatic rings. The van der Waals surface area contributed by atoms with Gasteiger partial charge in [-0.25, -0.2) is 4.79 Å². The molecule has 11 heavy (non-hydrogen) atoms. The summed E-state index contributed by atoms with van der Waals surface area (Å²) >= 11 is 4.63. The van der Waals surface area contributed by atoms with Gasteiger partial charge in [-0.3, -0.25) is 5.41 Å². The molecule has 0 aromatic heterocycles. The van der Waals surface area contributed by atoms with Gasteiger partial charge >= 0.3 is 5.30 Å². The zero-order valence-electron chi connectivity index (χ0n) is 5.83.